The molecule has 3 aliphatic carbocycles. The molecule has 0 radical (unpaired) electrons. The van der Waals surface area contributed by atoms with Gasteiger partial charge in [0.25, 0.3) is 0 Å². The molecular weight excluding hydrogens is 492 g/mol. The average Bonchev–Trinajstić information content (AvgIpc) is 3.22. The van der Waals surface area contributed by atoms with Gasteiger partial charge in [-0.1, -0.05) is 49.4 Å². The zero-order chi connectivity index (χ0) is 26.4. The topological polar surface area (TPSA) is 77.8 Å². The van der Waals surface area contributed by atoms with Crippen LogP contribution in [0, 0.1) is 17.3 Å². The van der Waals surface area contributed by atoms with Crippen molar-refractivity contribution in [2.75, 3.05) is 0 Å². The van der Waals surface area contributed by atoms with E-state index in [4.69, 9.17) is 5.11 Å². The molecule has 38 heavy (non-hydrogen) atoms. The SMILES string of the molecule is C[C@]12CCC3c4ccc(O)cc4C[C@@H](Sc4ccc(-c5ccc(/C=C/C(=O)O)cc5)cc4)C3C1CC[C@@H]2O. The Labute approximate surface area is 228 Å². The van der Waals surface area contributed by atoms with E-state index < -0.39 is 5.97 Å². The van der Waals surface area contributed by atoms with E-state index in [1.807, 2.05) is 48.2 Å². The van der Waals surface area contributed by atoms with Crippen LogP contribution < -0.4 is 0 Å². The van der Waals surface area contributed by atoms with Gasteiger partial charge in [0.15, 0.2) is 0 Å². The fraction of sp³-hybridized carbons (Fsp3) is 0.364. The summed E-state index contributed by atoms with van der Waals surface area (Å²) in [5, 5.41) is 30.4. The molecule has 3 unspecified atom stereocenters. The molecular formula is C33H34O4S. The third-order valence-corrected chi connectivity index (χ3v) is 10.8. The summed E-state index contributed by atoms with van der Waals surface area (Å²) in [4.78, 5) is 12.0. The third-order valence-electron chi connectivity index (χ3n) is 9.46. The molecule has 0 bridgehead atoms. The second kappa shape index (κ2) is 9.94. The quantitative estimate of drug-likeness (QED) is 0.308. The summed E-state index contributed by atoms with van der Waals surface area (Å²) in [6, 6.07) is 22.6. The van der Waals surface area contributed by atoms with Crippen molar-refractivity contribution in [3.63, 3.8) is 0 Å². The van der Waals surface area contributed by atoms with Crippen LogP contribution in [-0.4, -0.2) is 32.6 Å². The third kappa shape index (κ3) is 4.56. The van der Waals surface area contributed by atoms with Gasteiger partial charge in [-0.15, -0.1) is 11.8 Å². The van der Waals surface area contributed by atoms with Crippen molar-refractivity contribution in [3.8, 4) is 16.9 Å². The van der Waals surface area contributed by atoms with E-state index in [2.05, 4.69) is 37.3 Å². The van der Waals surface area contributed by atoms with Crippen LogP contribution in [0.1, 0.15) is 55.2 Å². The number of phenols is 1. The van der Waals surface area contributed by atoms with E-state index in [0.717, 1.165) is 54.9 Å². The van der Waals surface area contributed by atoms with Crippen molar-refractivity contribution in [1.29, 1.82) is 0 Å². The van der Waals surface area contributed by atoms with E-state index in [1.54, 1.807) is 6.08 Å². The number of thioether (sulfide) groups is 1. The van der Waals surface area contributed by atoms with Crippen LogP contribution >= 0.6 is 11.8 Å². The summed E-state index contributed by atoms with van der Waals surface area (Å²) in [5.74, 6) is 0.904. The summed E-state index contributed by atoms with van der Waals surface area (Å²) in [6.45, 7) is 2.32. The van der Waals surface area contributed by atoms with E-state index in [0.29, 0.717) is 28.8 Å². The average molecular weight is 527 g/mol. The van der Waals surface area contributed by atoms with Crippen LogP contribution in [0.4, 0.5) is 0 Å². The van der Waals surface area contributed by atoms with Gasteiger partial charge in [0, 0.05) is 16.2 Å². The summed E-state index contributed by atoms with van der Waals surface area (Å²) >= 11 is 1.96. The summed E-state index contributed by atoms with van der Waals surface area (Å²) in [5.41, 5.74) is 5.77. The predicted molar refractivity (Wildman–Crippen MR) is 152 cm³/mol. The zero-order valence-corrected chi connectivity index (χ0v) is 22.4. The van der Waals surface area contributed by atoms with Gasteiger partial charge < -0.3 is 15.3 Å². The fourth-order valence-electron chi connectivity index (χ4n) is 7.51. The molecule has 0 saturated heterocycles. The minimum atomic E-state index is -0.950. The van der Waals surface area contributed by atoms with Crippen molar-refractivity contribution in [1.82, 2.24) is 0 Å². The Hall–Kier alpha value is -3.02. The second-order valence-corrected chi connectivity index (χ2v) is 12.8. The Balaban J connectivity index is 1.26. The van der Waals surface area contributed by atoms with E-state index in [1.165, 1.54) is 16.0 Å². The number of carboxylic acid groups (broad SMARTS) is 1. The number of carboxylic acids is 1. The molecule has 3 N–H and O–H groups in total. The van der Waals surface area contributed by atoms with Gasteiger partial charge in [-0.05, 0) is 113 Å². The molecule has 3 aromatic rings. The lowest BCUT2D eigenvalue weighted by molar-refractivity contribution is -0.131. The van der Waals surface area contributed by atoms with Crippen molar-refractivity contribution in [3.05, 3.63) is 89.5 Å². The molecule has 196 valence electrons. The molecule has 2 saturated carbocycles. The summed E-state index contributed by atoms with van der Waals surface area (Å²) in [6.07, 6.45) is 7.65. The number of aromatic hydroxyl groups is 1. The Morgan fingerprint density at radius 3 is 2.39 bits per heavy atom. The monoisotopic (exact) mass is 526 g/mol. The number of carbonyl (C=O) groups is 1. The highest BCUT2D eigenvalue weighted by molar-refractivity contribution is 8.00. The minimum Gasteiger partial charge on any atom is -0.508 e. The Kier molecular flexibility index (Phi) is 6.61. The first kappa shape index (κ1) is 25.3. The Bertz CT molecular complexity index is 1360. The van der Waals surface area contributed by atoms with Crippen molar-refractivity contribution in [2.45, 2.75) is 61.2 Å². The standard InChI is InChI=1S/C33H34O4S/c1-33-17-16-27-26-12-9-24(34)18-23(26)19-29(32(27)28(33)13-14-30(33)35)38-25-10-7-22(8-11-25)21-5-2-20(3-6-21)4-15-31(36)37/h2-12,15,18,27-30,32,34-35H,13-14,16-17,19H2,1H3,(H,36,37)/b15-4+/t27?,28?,29-,30+,32?,33+/m1/s1. The number of aliphatic hydroxyl groups excluding tert-OH is 1. The van der Waals surface area contributed by atoms with Gasteiger partial charge in [-0.25, -0.2) is 4.79 Å². The maximum absolute atomic E-state index is 10.9. The van der Waals surface area contributed by atoms with Gasteiger partial charge in [0.1, 0.15) is 5.75 Å². The largest absolute Gasteiger partial charge is 0.508 e. The molecule has 4 nitrogen and oxygen atoms in total. The lowest BCUT2D eigenvalue weighted by Gasteiger charge is -2.52. The Morgan fingerprint density at radius 2 is 1.68 bits per heavy atom. The molecule has 0 aromatic heterocycles. The van der Waals surface area contributed by atoms with Gasteiger partial charge in [0.05, 0.1) is 6.10 Å². The van der Waals surface area contributed by atoms with Crippen LogP contribution in [0.5, 0.6) is 5.75 Å². The maximum atomic E-state index is 10.9. The number of phenolic OH excluding ortho intramolecular Hbond substituents is 1. The van der Waals surface area contributed by atoms with Gasteiger partial charge in [-0.2, -0.15) is 0 Å². The minimum absolute atomic E-state index is 0.00404. The number of fused-ring (bicyclic) bond motifs is 5. The van der Waals surface area contributed by atoms with Crippen LogP contribution in [0.25, 0.3) is 17.2 Å². The highest BCUT2D eigenvalue weighted by Gasteiger charge is 2.56. The molecule has 0 aliphatic heterocycles. The summed E-state index contributed by atoms with van der Waals surface area (Å²) in [7, 11) is 0. The van der Waals surface area contributed by atoms with E-state index in [-0.39, 0.29) is 11.5 Å². The number of benzene rings is 3. The molecule has 6 rings (SSSR count). The van der Waals surface area contributed by atoms with Gasteiger partial charge in [-0.3, -0.25) is 0 Å². The van der Waals surface area contributed by atoms with Crippen LogP contribution in [0.15, 0.2) is 77.7 Å². The Morgan fingerprint density at radius 1 is 0.974 bits per heavy atom. The van der Waals surface area contributed by atoms with Crippen molar-refractivity contribution >= 4 is 23.8 Å². The first-order valence-corrected chi connectivity index (χ1v) is 14.5. The molecule has 0 amide bonds. The highest BCUT2D eigenvalue weighted by Crippen LogP contribution is 2.62. The van der Waals surface area contributed by atoms with E-state index >= 15 is 0 Å². The number of rotatable bonds is 5. The molecule has 6 atom stereocenters. The van der Waals surface area contributed by atoms with E-state index in [9.17, 15) is 15.0 Å². The molecule has 0 heterocycles. The number of aliphatic hydroxyl groups is 1. The van der Waals surface area contributed by atoms with Crippen LogP contribution in [0.2, 0.25) is 0 Å². The normalized spacial score (nSPS) is 30.0. The molecule has 2 fully saturated rings. The zero-order valence-electron chi connectivity index (χ0n) is 21.6. The van der Waals surface area contributed by atoms with Crippen molar-refractivity contribution < 1.29 is 20.1 Å². The number of aliphatic carboxylic acids is 1. The predicted octanol–water partition coefficient (Wildman–Crippen LogP) is 7.14. The highest BCUT2D eigenvalue weighted by atomic mass is 32.2. The fourth-order valence-corrected chi connectivity index (χ4v) is 8.95. The molecule has 3 aliphatic rings. The van der Waals surface area contributed by atoms with Crippen LogP contribution in [-0.2, 0) is 11.2 Å². The molecule has 5 heteroatoms. The first-order chi connectivity index (χ1) is 18.3. The first-order valence-electron chi connectivity index (χ1n) is 13.6. The second-order valence-electron chi connectivity index (χ2n) is 11.5. The smallest absolute Gasteiger partial charge is 0.328 e. The number of hydrogen-bond donors (Lipinski definition) is 3. The van der Waals surface area contributed by atoms with Gasteiger partial charge >= 0.3 is 5.97 Å². The van der Waals surface area contributed by atoms with Crippen LogP contribution in [0.3, 0.4) is 0 Å². The van der Waals surface area contributed by atoms with Crippen molar-refractivity contribution in [2.24, 2.45) is 17.3 Å². The summed E-state index contributed by atoms with van der Waals surface area (Å²) < 4.78 is 0. The maximum Gasteiger partial charge on any atom is 0.328 e. The number of hydrogen-bond acceptors (Lipinski definition) is 4. The molecule has 0 spiro atoms. The molecule has 3 aromatic carbocycles. The lowest BCUT2D eigenvalue weighted by Crippen LogP contribution is -2.48. The lowest BCUT2D eigenvalue weighted by atomic mass is 9.55. The van der Waals surface area contributed by atoms with Gasteiger partial charge in [0.2, 0.25) is 0 Å².